The maximum Gasteiger partial charge on any atom is 0.339 e. The van der Waals surface area contributed by atoms with Gasteiger partial charge in [0.2, 0.25) is 5.91 Å². The van der Waals surface area contributed by atoms with Crippen LogP contribution in [0.4, 0.5) is 11.4 Å². The third kappa shape index (κ3) is 3.76. The highest BCUT2D eigenvalue weighted by molar-refractivity contribution is 6.11. The van der Waals surface area contributed by atoms with E-state index in [1.165, 1.54) is 18.9 Å². The zero-order chi connectivity index (χ0) is 19.6. The number of ether oxygens (including phenoxy) is 2. The van der Waals surface area contributed by atoms with Crippen molar-refractivity contribution in [1.29, 1.82) is 0 Å². The number of amides is 2. The Balaban J connectivity index is 1.76. The number of esters is 1. The van der Waals surface area contributed by atoms with Gasteiger partial charge in [0.1, 0.15) is 12.3 Å². The molecule has 0 spiro atoms. The van der Waals surface area contributed by atoms with E-state index in [2.05, 4.69) is 5.32 Å². The lowest BCUT2D eigenvalue weighted by Crippen LogP contribution is -2.47. The predicted octanol–water partition coefficient (Wildman–Crippen LogP) is 2.53. The first kappa shape index (κ1) is 18.4. The van der Waals surface area contributed by atoms with E-state index in [4.69, 9.17) is 9.47 Å². The van der Waals surface area contributed by atoms with Gasteiger partial charge in [0, 0.05) is 0 Å². The Morgan fingerprint density at radius 2 is 1.93 bits per heavy atom. The van der Waals surface area contributed by atoms with Gasteiger partial charge in [0.15, 0.2) is 6.10 Å². The highest BCUT2D eigenvalue weighted by Gasteiger charge is 2.31. The summed E-state index contributed by atoms with van der Waals surface area (Å²) in [5.41, 5.74) is 2.29. The minimum absolute atomic E-state index is 0.129. The second-order valence-electron chi connectivity index (χ2n) is 6.22. The zero-order valence-electron chi connectivity index (χ0n) is 15.3. The van der Waals surface area contributed by atoms with Gasteiger partial charge in [0.25, 0.3) is 5.91 Å². The summed E-state index contributed by atoms with van der Waals surface area (Å²) in [6, 6.07) is 11.9. The van der Waals surface area contributed by atoms with E-state index in [1.54, 1.807) is 42.5 Å². The van der Waals surface area contributed by atoms with Crippen molar-refractivity contribution < 1.29 is 23.9 Å². The number of para-hydroxylation sites is 2. The molecule has 0 fully saturated rings. The molecule has 2 amide bonds. The van der Waals surface area contributed by atoms with Crippen LogP contribution in [-0.4, -0.2) is 37.5 Å². The van der Waals surface area contributed by atoms with Gasteiger partial charge in [-0.25, -0.2) is 4.79 Å². The van der Waals surface area contributed by atoms with E-state index in [-0.39, 0.29) is 18.0 Å². The lowest BCUT2D eigenvalue weighted by Gasteiger charge is -2.30. The van der Waals surface area contributed by atoms with Crippen LogP contribution in [0, 0.1) is 6.92 Å². The minimum Gasteiger partial charge on any atom is -0.496 e. The van der Waals surface area contributed by atoms with E-state index in [9.17, 15) is 14.4 Å². The number of anilines is 2. The van der Waals surface area contributed by atoms with Crippen LogP contribution in [0.3, 0.4) is 0 Å². The molecule has 27 heavy (non-hydrogen) atoms. The number of methoxy groups -OCH3 is 1. The molecule has 1 aliphatic rings. The van der Waals surface area contributed by atoms with Crippen LogP contribution in [0.15, 0.2) is 42.5 Å². The number of hydrogen-bond donors (Lipinski definition) is 1. The number of benzene rings is 2. The first-order valence-corrected chi connectivity index (χ1v) is 8.46. The van der Waals surface area contributed by atoms with E-state index < -0.39 is 18.0 Å². The molecule has 0 aromatic heterocycles. The number of hydrogen-bond acceptors (Lipinski definition) is 5. The van der Waals surface area contributed by atoms with Crippen molar-refractivity contribution >= 4 is 29.2 Å². The molecule has 1 atom stereocenters. The number of carbonyl (C=O) groups is 3. The molecule has 0 saturated heterocycles. The molecule has 1 heterocycles. The normalized spacial score (nSPS) is 14.0. The van der Waals surface area contributed by atoms with Gasteiger partial charge in [-0.15, -0.1) is 0 Å². The Morgan fingerprint density at radius 3 is 2.67 bits per heavy atom. The summed E-state index contributed by atoms with van der Waals surface area (Å²) in [5, 5.41) is 2.71. The highest BCUT2D eigenvalue weighted by atomic mass is 16.5. The molecule has 0 saturated carbocycles. The fourth-order valence-corrected chi connectivity index (χ4v) is 2.88. The lowest BCUT2D eigenvalue weighted by molar-refractivity contribution is -0.128. The third-order valence-electron chi connectivity index (χ3n) is 4.31. The number of nitrogens with zero attached hydrogens (tertiary/aromatic N) is 1. The minimum atomic E-state index is -1.05. The maximum atomic E-state index is 12.8. The molecule has 0 aliphatic carbocycles. The quantitative estimate of drug-likeness (QED) is 0.839. The molecule has 2 aromatic rings. The van der Waals surface area contributed by atoms with Gasteiger partial charge in [0.05, 0.1) is 24.0 Å². The van der Waals surface area contributed by atoms with Gasteiger partial charge >= 0.3 is 5.97 Å². The van der Waals surface area contributed by atoms with Crippen LogP contribution >= 0.6 is 0 Å². The second kappa shape index (κ2) is 7.49. The summed E-state index contributed by atoms with van der Waals surface area (Å²) in [7, 11) is 1.52. The standard InChI is InChI=1S/C20H20N2O5/c1-12-8-9-14(10-17(12)26-3)20(25)27-13(2)19(24)22-11-18(23)21-15-6-4-5-7-16(15)22/h4-10,13H,11H2,1-3H3,(H,21,23)/t13-/m1/s1. The molecule has 1 N–H and O–H groups in total. The molecular weight excluding hydrogens is 348 g/mol. The summed E-state index contributed by atoms with van der Waals surface area (Å²) in [5.74, 6) is -0.845. The van der Waals surface area contributed by atoms with E-state index >= 15 is 0 Å². The Morgan fingerprint density at radius 1 is 1.19 bits per heavy atom. The lowest BCUT2D eigenvalue weighted by atomic mass is 10.1. The van der Waals surface area contributed by atoms with Crippen molar-refractivity contribution in [2.75, 3.05) is 23.9 Å². The van der Waals surface area contributed by atoms with Crippen molar-refractivity contribution in [3.8, 4) is 5.75 Å². The van der Waals surface area contributed by atoms with Crippen LogP contribution in [-0.2, 0) is 14.3 Å². The molecule has 0 radical (unpaired) electrons. The third-order valence-corrected chi connectivity index (χ3v) is 4.31. The first-order chi connectivity index (χ1) is 12.9. The fourth-order valence-electron chi connectivity index (χ4n) is 2.88. The molecule has 2 aromatic carbocycles. The van der Waals surface area contributed by atoms with Crippen LogP contribution in [0.2, 0.25) is 0 Å². The van der Waals surface area contributed by atoms with Crippen LogP contribution in [0.25, 0.3) is 0 Å². The molecule has 7 nitrogen and oxygen atoms in total. The molecular formula is C20H20N2O5. The van der Waals surface area contributed by atoms with E-state index in [0.717, 1.165) is 5.56 Å². The van der Waals surface area contributed by atoms with E-state index in [1.807, 2.05) is 6.92 Å². The number of carbonyl (C=O) groups excluding carboxylic acids is 3. The van der Waals surface area contributed by atoms with Crippen LogP contribution in [0.1, 0.15) is 22.8 Å². The topological polar surface area (TPSA) is 84.9 Å². The van der Waals surface area contributed by atoms with Gasteiger partial charge in [-0.1, -0.05) is 18.2 Å². The Labute approximate surface area is 156 Å². The van der Waals surface area contributed by atoms with Gasteiger partial charge in [-0.3, -0.25) is 14.5 Å². The van der Waals surface area contributed by atoms with Crippen molar-refractivity contribution in [2.45, 2.75) is 20.0 Å². The highest BCUT2D eigenvalue weighted by Crippen LogP contribution is 2.29. The zero-order valence-corrected chi connectivity index (χ0v) is 15.3. The predicted molar refractivity (Wildman–Crippen MR) is 100 cm³/mol. The summed E-state index contributed by atoms with van der Waals surface area (Å²) in [4.78, 5) is 38.4. The monoisotopic (exact) mass is 368 g/mol. The molecule has 140 valence electrons. The SMILES string of the molecule is COc1cc(C(=O)O[C@H](C)C(=O)N2CC(=O)Nc3ccccc32)ccc1C. The number of fused-ring (bicyclic) bond motifs is 1. The molecule has 3 rings (SSSR count). The Kier molecular flexibility index (Phi) is 5.12. The average molecular weight is 368 g/mol. The van der Waals surface area contributed by atoms with Crippen molar-refractivity contribution in [3.63, 3.8) is 0 Å². The molecule has 0 unspecified atom stereocenters. The van der Waals surface area contributed by atoms with Gasteiger partial charge in [-0.2, -0.15) is 0 Å². The van der Waals surface area contributed by atoms with Crippen LogP contribution in [0.5, 0.6) is 5.75 Å². The summed E-state index contributed by atoms with van der Waals surface area (Å²) < 4.78 is 10.5. The number of nitrogens with one attached hydrogen (secondary N) is 1. The second-order valence-corrected chi connectivity index (χ2v) is 6.22. The summed E-state index contributed by atoms with van der Waals surface area (Å²) in [6.45, 7) is 3.22. The largest absolute Gasteiger partial charge is 0.496 e. The smallest absolute Gasteiger partial charge is 0.339 e. The van der Waals surface area contributed by atoms with Crippen molar-refractivity contribution in [3.05, 3.63) is 53.6 Å². The Hall–Kier alpha value is -3.35. The van der Waals surface area contributed by atoms with Gasteiger partial charge in [-0.05, 0) is 43.7 Å². The Bertz CT molecular complexity index is 909. The van der Waals surface area contributed by atoms with Crippen molar-refractivity contribution in [2.24, 2.45) is 0 Å². The summed E-state index contributed by atoms with van der Waals surface area (Å²) >= 11 is 0. The van der Waals surface area contributed by atoms with Crippen LogP contribution < -0.4 is 15.0 Å². The average Bonchev–Trinajstić information content (AvgIpc) is 2.66. The number of aryl methyl sites for hydroxylation is 1. The molecule has 0 bridgehead atoms. The van der Waals surface area contributed by atoms with Gasteiger partial charge < -0.3 is 14.8 Å². The van der Waals surface area contributed by atoms with E-state index in [0.29, 0.717) is 17.1 Å². The molecule has 7 heteroatoms. The molecule has 1 aliphatic heterocycles. The first-order valence-electron chi connectivity index (χ1n) is 8.46. The fraction of sp³-hybridized carbons (Fsp3) is 0.250. The van der Waals surface area contributed by atoms with Crippen molar-refractivity contribution in [1.82, 2.24) is 0 Å². The summed E-state index contributed by atoms with van der Waals surface area (Å²) in [6.07, 6.45) is -1.05. The number of rotatable bonds is 4. The maximum absolute atomic E-state index is 12.8.